The van der Waals surface area contributed by atoms with E-state index in [0.717, 1.165) is 6.07 Å². The first kappa shape index (κ1) is 14.1. The zero-order valence-electron chi connectivity index (χ0n) is 10.3. The summed E-state index contributed by atoms with van der Waals surface area (Å²) in [6.45, 7) is 6.15. The molecule has 0 aromatic heterocycles. The van der Waals surface area contributed by atoms with Crippen molar-refractivity contribution in [2.75, 3.05) is 12.3 Å². The van der Waals surface area contributed by atoms with Crippen molar-refractivity contribution in [3.63, 3.8) is 0 Å². The van der Waals surface area contributed by atoms with Crippen LogP contribution < -0.4 is 5.32 Å². The highest BCUT2D eigenvalue weighted by Gasteiger charge is 2.19. The SMILES string of the molecule is CC(C)(C)NCCS(=O)(=O)c1ccccc1F. The Morgan fingerprint density at radius 3 is 2.35 bits per heavy atom. The van der Waals surface area contributed by atoms with Crippen LogP contribution in [0.1, 0.15) is 20.8 Å². The van der Waals surface area contributed by atoms with Gasteiger partial charge in [0.25, 0.3) is 0 Å². The van der Waals surface area contributed by atoms with Gasteiger partial charge in [-0.25, -0.2) is 12.8 Å². The Morgan fingerprint density at radius 2 is 1.82 bits per heavy atom. The molecule has 0 heterocycles. The predicted molar refractivity (Wildman–Crippen MR) is 66.2 cm³/mol. The van der Waals surface area contributed by atoms with E-state index in [1.54, 1.807) is 0 Å². The summed E-state index contributed by atoms with van der Waals surface area (Å²) in [7, 11) is -3.55. The van der Waals surface area contributed by atoms with Gasteiger partial charge in [0, 0.05) is 12.1 Å². The van der Waals surface area contributed by atoms with Crippen molar-refractivity contribution >= 4 is 9.84 Å². The van der Waals surface area contributed by atoms with Gasteiger partial charge >= 0.3 is 0 Å². The molecule has 1 rings (SSSR count). The number of halogens is 1. The molecule has 0 saturated carbocycles. The van der Waals surface area contributed by atoms with Crippen molar-refractivity contribution in [3.8, 4) is 0 Å². The van der Waals surface area contributed by atoms with Crippen molar-refractivity contribution in [2.24, 2.45) is 0 Å². The standard InChI is InChI=1S/C12H18FNO2S/c1-12(2,3)14-8-9-17(15,16)11-7-5-4-6-10(11)13/h4-7,14H,8-9H2,1-3H3. The molecule has 1 aromatic carbocycles. The van der Waals surface area contributed by atoms with E-state index in [1.807, 2.05) is 20.8 Å². The van der Waals surface area contributed by atoms with Gasteiger partial charge in [0.2, 0.25) is 0 Å². The minimum atomic E-state index is -3.55. The molecule has 1 aromatic rings. The lowest BCUT2D eigenvalue weighted by molar-refractivity contribution is 0.438. The lowest BCUT2D eigenvalue weighted by Crippen LogP contribution is -2.38. The van der Waals surface area contributed by atoms with Gasteiger partial charge in [-0.2, -0.15) is 0 Å². The Kier molecular flexibility index (Phi) is 4.27. The summed E-state index contributed by atoms with van der Waals surface area (Å²) >= 11 is 0. The summed E-state index contributed by atoms with van der Waals surface area (Å²) < 4.78 is 37.1. The predicted octanol–water partition coefficient (Wildman–Crippen LogP) is 1.99. The van der Waals surface area contributed by atoms with Crippen LogP contribution in [-0.2, 0) is 9.84 Å². The fraction of sp³-hybridized carbons (Fsp3) is 0.500. The minimum Gasteiger partial charge on any atom is -0.311 e. The molecule has 0 unspecified atom stereocenters. The van der Waals surface area contributed by atoms with Crippen molar-refractivity contribution < 1.29 is 12.8 Å². The number of nitrogens with one attached hydrogen (secondary N) is 1. The van der Waals surface area contributed by atoms with Crippen LogP contribution in [0.3, 0.4) is 0 Å². The van der Waals surface area contributed by atoms with Gasteiger partial charge in [0.1, 0.15) is 10.7 Å². The Bertz CT molecular complexity index is 478. The third kappa shape index (κ3) is 4.44. The zero-order chi connectivity index (χ0) is 13.1. The first-order valence-corrected chi connectivity index (χ1v) is 7.10. The molecule has 0 fully saturated rings. The molecule has 96 valence electrons. The second-order valence-corrected chi connectivity index (χ2v) is 7.00. The zero-order valence-corrected chi connectivity index (χ0v) is 11.1. The molecular formula is C12H18FNO2S. The summed E-state index contributed by atoms with van der Waals surface area (Å²) in [5.74, 6) is -0.797. The summed E-state index contributed by atoms with van der Waals surface area (Å²) in [6.07, 6.45) is 0. The second kappa shape index (κ2) is 5.14. The van der Waals surface area contributed by atoms with Gasteiger partial charge in [0.15, 0.2) is 9.84 Å². The van der Waals surface area contributed by atoms with Crippen LogP contribution in [0, 0.1) is 5.82 Å². The van der Waals surface area contributed by atoms with E-state index < -0.39 is 15.7 Å². The van der Waals surface area contributed by atoms with Gasteiger partial charge < -0.3 is 5.32 Å². The van der Waals surface area contributed by atoms with E-state index in [1.165, 1.54) is 18.2 Å². The Hall–Kier alpha value is -0.940. The monoisotopic (exact) mass is 259 g/mol. The van der Waals surface area contributed by atoms with Crippen LogP contribution in [0.25, 0.3) is 0 Å². The molecule has 0 aliphatic carbocycles. The molecule has 0 aliphatic heterocycles. The van der Waals surface area contributed by atoms with E-state index in [4.69, 9.17) is 0 Å². The number of hydrogen-bond donors (Lipinski definition) is 1. The molecule has 0 radical (unpaired) electrons. The molecule has 0 spiro atoms. The highest BCUT2D eigenvalue weighted by molar-refractivity contribution is 7.91. The summed E-state index contributed by atoms with van der Waals surface area (Å²) in [6, 6.07) is 5.45. The molecule has 0 atom stereocenters. The van der Waals surface area contributed by atoms with Crippen molar-refractivity contribution in [1.82, 2.24) is 5.32 Å². The first-order chi connectivity index (χ1) is 7.72. The maximum absolute atomic E-state index is 13.3. The van der Waals surface area contributed by atoms with Crippen LogP contribution in [0.2, 0.25) is 0 Å². The normalized spacial score (nSPS) is 12.7. The van der Waals surface area contributed by atoms with Crippen molar-refractivity contribution in [3.05, 3.63) is 30.1 Å². The van der Waals surface area contributed by atoms with Crippen LogP contribution in [0.4, 0.5) is 4.39 Å². The first-order valence-electron chi connectivity index (χ1n) is 5.45. The van der Waals surface area contributed by atoms with Gasteiger partial charge in [0.05, 0.1) is 5.75 Å². The summed E-state index contributed by atoms with van der Waals surface area (Å²) in [5, 5.41) is 3.07. The third-order valence-corrected chi connectivity index (χ3v) is 3.94. The van der Waals surface area contributed by atoms with E-state index in [9.17, 15) is 12.8 Å². The highest BCUT2D eigenvalue weighted by atomic mass is 32.2. The number of sulfone groups is 1. The lowest BCUT2D eigenvalue weighted by Gasteiger charge is -2.20. The maximum atomic E-state index is 13.3. The van der Waals surface area contributed by atoms with Crippen LogP contribution in [-0.4, -0.2) is 26.3 Å². The molecule has 0 bridgehead atoms. The van der Waals surface area contributed by atoms with E-state index in [0.29, 0.717) is 6.54 Å². The topological polar surface area (TPSA) is 46.2 Å². The molecule has 0 amide bonds. The van der Waals surface area contributed by atoms with Crippen molar-refractivity contribution in [1.29, 1.82) is 0 Å². The quantitative estimate of drug-likeness (QED) is 0.899. The second-order valence-electron chi connectivity index (χ2n) is 4.93. The van der Waals surface area contributed by atoms with E-state index in [2.05, 4.69) is 5.32 Å². The van der Waals surface area contributed by atoms with E-state index >= 15 is 0 Å². The molecule has 0 saturated heterocycles. The van der Waals surface area contributed by atoms with Crippen LogP contribution >= 0.6 is 0 Å². The molecule has 5 heteroatoms. The molecule has 0 aliphatic rings. The lowest BCUT2D eigenvalue weighted by atomic mass is 10.1. The number of benzene rings is 1. The molecule has 17 heavy (non-hydrogen) atoms. The highest BCUT2D eigenvalue weighted by Crippen LogP contribution is 2.15. The average Bonchev–Trinajstić information content (AvgIpc) is 2.15. The molecule has 3 nitrogen and oxygen atoms in total. The number of rotatable bonds is 4. The van der Waals surface area contributed by atoms with Crippen molar-refractivity contribution in [2.45, 2.75) is 31.2 Å². The summed E-state index contributed by atoms with van der Waals surface area (Å²) in [4.78, 5) is -0.226. The summed E-state index contributed by atoms with van der Waals surface area (Å²) in [5.41, 5.74) is -0.148. The largest absolute Gasteiger partial charge is 0.311 e. The van der Waals surface area contributed by atoms with Gasteiger partial charge in [-0.3, -0.25) is 0 Å². The molecular weight excluding hydrogens is 241 g/mol. The van der Waals surface area contributed by atoms with Crippen LogP contribution in [0.15, 0.2) is 29.2 Å². The van der Waals surface area contributed by atoms with E-state index in [-0.39, 0.29) is 16.2 Å². The fourth-order valence-corrected chi connectivity index (χ4v) is 2.61. The Morgan fingerprint density at radius 1 is 1.24 bits per heavy atom. The van der Waals surface area contributed by atoms with Crippen LogP contribution in [0.5, 0.6) is 0 Å². The van der Waals surface area contributed by atoms with Gasteiger partial charge in [-0.1, -0.05) is 12.1 Å². The maximum Gasteiger partial charge on any atom is 0.182 e. The molecule has 1 N–H and O–H groups in total. The Labute approximate surface area is 102 Å². The Balaban J connectivity index is 2.74. The fourth-order valence-electron chi connectivity index (χ4n) is 1.37. The smallest absolute Gasteiger partial charge is 0.182 e. The van der Waals surface area contributed by atoms with Gasteiger partial charge in [-0.15, -0.1) is 0 Å². The third-order valence-electron chi connectivity index (χ3n) is 2.20. The number of hydrogen-bond acceptors (Lipinski definition) is 3. The minimum absolute atomic E-state index is 0.106. The van der Waals surface area contributed by atoms with Gasteiger partial charge in [-0.05, 0) is 32.9 Å². The average molecular weight is 259 g/mol.